The molecule has 0 aromatic heterocycles. The lowest BCUT2D eigenvalue weighted by Gasteiger charge is -2.34. The summed E-state index contributed by atoms with van der Waals surface area (Å²) >= 11 is 0. The van der Waals surface area contributed by atoms with Crippen LogP contribution in [0.5, 0.6) is 5.75 Å². The predicted molar refractivity (Wildman–Crippen MR) is 120 cm³/mol. The van der Waals surface area contributed by atoms with E-state index < -0.39 is 0 Å². The molecule has 0 N–H and O–H groups in total. The van der Waals surface area contributed by atoms with E-state index in [0.717, 1.165) is 51.3 Å². The van der Waals surface area contributed by atoms with Gasteiger partial charge in [-0.3, -0.25) is 24.3 Å². The Balaban J connectivity index is 1.19. The molecule has 0 saturated carbocycles. The average molecular weight is 422 g/mol. The molecule has 2 aliphatic rings. The molecule has 6 nitrogen and oxygen atoms in total. The molecular weight excluding hydrogens is 390 g/mol. The zero-order chi connectivity index (χ0) is 21.5. The summed E-state index contributed by atoms with van der Waals surface area (Å²) in [6.07, 6.45) is 2.17. The third kappa shape index (κ3) is 5.93. The lowest BCUT2D eigenvalue weighted by atomic mass is 10.0. The number of carbonyl (C=O) groups excluding carboxylic acids is 2. The van der Waals surface area contributed by atoms with Gasteiger partial charge in [-0.05, 0) is 23.6 Å². The van der Waals surface area contributed by atoms with E-state index in [0.29, 0.717) is 26.1 Å². The SMILES string of the molecule is O=C1CCCN1C(=O)CN1CCN(CCOc2ccccc2Cc2ccccc2)CC1. The van der Waals surface area contributed by atoms with E-state index in [1.165, 1.54) is 16.0 Å². The van der Waals surface area contributed by atoms with Gasteiger partial charge < -0.3 is 4.74 Å². The van der Waals surface area contributed by atoms with Crippen LogP contribution in [0.3, 0.4) is 0 Å². The lowest BCUT2D eigenvalue weighted by molar-refractivity contribution is -0.142. The maximum absolute atomic E-state index is 12.3. The fourth-order valence-electron chi connectivity index (χ4n) is 4.25. The molecule has 0 aliphatic carbocycles. The molecule has 0 bridgehead atoms. The van der Waals surface area contributed by atoms with Crippen molar-refractivity contribution >= 4 is 11.8 Å². The minimum Gasteiger partial charge on any atom is -0.492 e. The van der Waals surface area contributed by atoms with Gasteiger partial charge in [0.15, 0.2) is 0 Å². The molecule has 0 radical (unpaired) electrons. The molecule has 0 spiro atoms. The molecule has 31 heavy (non-hydrogen) atoms. The van der Waals surface area contributed by atoms with Crippen molar-refractivity contribution in [3.05, 3.63) is 65.7 Å². The number of likely N-dealkylation sites (tertiary alicyclic amines) is 1. The number of benzene rings is 2. The molecule has 2 fully saturated rings. The number of carbonyl (C=O) groups is 2. The standard InChI is InChI=1S/C25H31N3O3/c29-24-11-6-12-28(24)25(30)20-27-15-13-26(14-16-27)17-18-31-23-10-5-4-9-22(23)19-21-7-2-1-3-8-21/h1-5,7-10H,6,11-20H2. The Morgan fingerprint density at radius 3 is 2.32 bits per heavy atom. The number of para-hydroxylation sites is 1. The Bertz CT molecular complexity index is 879. The first-order chi connectivity index (χ1) is 15.2. The first-order valence-corrected chi connectivity index (χ1v) is 11.2. The van der Waals surface area contributed by atoms with Crippen molar-refractivity contribution in [3.8, 4) is 5.75 Å². The van der Waals surface area contributed by atoms with Crippen LogP contribution in [0.15, 0.2) is 54.6 Å². The quantitative estimate of drug-likeness (QED) is 0.655. The van der Waals surface area contributed by atoms with E-state index in [1.807, 2.05) is 18.2 Å². The molecule has 0 atom stereocenters. The van der Waals surface area contributed by atoms with Crippen LogP contribution < -0.4 is 4.74 Å². The van der Waals surface area contributed by atoms with Gasteiger partial charge in [0.1, 0.15) is 12.4 Å². The maximum Gasteiger partial charge on any atom is 0.243 e. The largest absolute Gasteiger partial charge is 0.492 e. The number of hydrogen-bond acceptors (Lipinski definition) is 5. The first kappa shape index (κ1) is 21.5. The van der Waals surface area contributed by atoms with Crippen molar-refractivity contribution in [2.24, 2.45) is 0 Å². The van der Waals surface area contributed by atoms with Gasteiger partial charge in [0.2, 0.25) is 11.8 Å². The minimum atomic E-state index is -0.0469. The monoisotopic (exact) mass is 421 g/mol. The van der Waals surface area contributed by atoms with Crippen molar-refractivity contribution in [3.63, 3.8) is 0 Å². The highest BCUT2D eigenvalue weighted by Crippen LogP contribution is 2.21. The van der Waals surface area contributed by atoms with Gasteiger partial charge in [-0.1, -0.05) is 48.5 Å². The number of nitrogens with zero attached hydrogens (tertiary/aromatic N) is 3. The Morgan fingerprint density at radius 1 is 0.871 bits per heavy atom. The van der Waals surface area contributed by atoms with Gasteiger partial charge in [0, 0.05) is 52.1 Å². The second-order valence-electron chi connectivity index (χ2n) is 8.28. The van der Waals surface area contributed by atoms with Crippen LogP contribution in [0, 0.1) is 0 Å². The summed E-state index contributed by atoms with van der Waals surface area (Å²) < 4.78 is 6.13. The van der Waals surface area contributed by atoms with Crippen LogP contribution in [-0.2, 0) is 16.0 Å². The van der Waals surface area contributed by atoms with Crippen LogP contribution in [0.2, 0.25) is 0 Å². The van der Waals surface area contributed by atoms with Gasteiger partial charge >= 0.3 is 0 Å². The zero-order valence-corrected chi connectivity index (χ0v) is 18.0. The highest BCUT2D eigenvalue weighted by Gasteiger charge is 2.28. The molecule has 2 aromatic rings. The normalized spacial score (nSPS) is 17.8. The van der Waals surface area contributed by atoms with Gasteiger partial charge in [-0.25, -0.2) is 0 Å². The van der Waals surface area contributed by atoms with Crippen LogP contribution in [0.1, 0.15) is 24.0 Å². The molecule has 2 amide bonds. The highest BCUT2D eigenvalue weighted by atomic mass is 16.5. The molecule has 0 unspecified atom stereocenters. The third-order valence-corrected chi connectivity index (χ3v) is 6.07. The Kier molecular flexibility index (Phi) is 7.33. The molecule has 2 aromatic carbocycles. The van der Waals surface area contributed by atoms with E-state index in [2.05, 4.69) is 46.2 Å². The number of imide groups is 1. The van der Waals surface area contributed by atoms with Crippen LogP contribution in [-0.4, -0.2) is 78.9 Å². The highest BCUT2D eigenvalue weighted by molar-refractivity contribution is 5.97. The molecule has 4 rings (SSSR count). The van der Waals surface area contributed by atoms with Crippen molar-refractivity contribution in [2.45, 2.75) is 19.3 Å². The van der Waals surface area contributed by atoms with Crippen LogP contribution in [0.25, 0.3) is 0 Å². The number of amides is 2. The summed E-state index contributed by atoms with van der Waals surface area (Å²) in [5, 5.41) is 0. The van der Waals surface area contributed by atoms with Crippen molar-refractivity contribution in [1.29, 1.82) is 0 Å². The zero-order valence-electron chi connectivity index (χ0n) is 18.0. The smallest absolute Gasteiger partial charge is 0.243 e. The van der Waals surface area contributed by atoms with Crippen LogP contribution in [0.4, 0.5) is 0 Å². The van der Waals surface area contributed by atoms with Gasteiger partial charge in [-0.2, -0.15) is 0 Å². The Morgan fingerprint density at radius 2 is 1.58 bits per heavy atom. The molecule has 2 heterocycles. The van der Waals surface area contributed by atoms with E-state index >= 15 is 0 Å². The number of rotatable bonds is 8. The number of hydrogen-bond donors (Lipinski definition) is 0. The molecule has 2 aliphatic heterocycles. The van der Waals surface area contributed by atoms with Crippen molar-refractivity contribution < 1.29 is 14.3 Å². The fourth-order valence-corrected chi connectivity index (χ4v) is 4.25. The van der Waals surface area contributed by atoms with E-state index in [1.54, 1.807) is 0 Å². The van der Waals surface area contributed by atoms with Gasteiger partial charge in [0.25, 0.3) is 0 Å². The van der Waals surface area contributed by atoms with Crippen molar-refractivity contribution in [1.82, 2.24) is 14.7 Å². The number of ether oxygens (including phenoxy) is 1. The summed E-state index contributed by atoms with van der Waals surface area (Å²) in [5.41, 5.74) is 2.48. The summed E-state index contributed by atoms with van der Waals surface area (Å²) in [6.45, 7) is 5.96. The summed E-state index contributed by atoms with van der Waals surface area (Å²) in [5.74, 6) is 0.883. The molecule has 2 saturated heterocycles. The summed E-state index contributed by atoms with van der Waals surface area (Å²) in [6, 6.07) is 18.7. The topological polar surface area (TPSA) is 53.1 Å². The fraction of sp³-hybridized carbons (Fsp3) is 0.440. The summed E-state index contributed by atoms with van der Waals surface area (Å²) in [7, 11) is 0. The number of piperazine rings is 1. The predicted octanol–water partition coefficient (Wildman–Crippen LogP) is 2.42. The Labute approximate surface area is 184 Å². The van der Waals surface area contributed by atoms with Gasteiger partial charge in [0.05, 0.1) is 6.54 Å². The Hall–Kier alpha value is -2.70. The third-order valence-electron chi connectivity index (χ3n) is 6.07. The lowest BCUT2D eigenvalue weighted by Crippen LogP contribution is -2.50. The van der Waals surface area contributed by atoms with E-state index in [4.69, 9.17) is 4.74 Å². The van der Waals surface area contributed by atoms with Crippen LogP contribution >= 0.6 is 0 Å². The summed E-state index contributed by atoms with van der Waals surface area (Å²) in [4.78, 5) is 30.0. The second kappa shape index (κ2) is 10.6. The van der Waals surface area contributed by atoms with Gasteiger partial charge in [-0.15, -0.1) is 0 Å². The van der Waals surface area contributed by atoms with E-state index in [-0.39, 0.29) is 11.8 Å². The molecule has 6 heteroatoms. The maximum atomic E-state index is 12.3. The molecular formula is C25H31N3O3. The van der Waals surface area contributed by atoms with Crippen molar-refractivity contribution in [2.75, 3.05) is 52.4 Å². The second-order valence-corrected chi connectivity index (χ2v) is 8.28. The minimum absolute atomic E-state index is 0.0201. The molecule has 164 valence electrons. The van der Waals surface area contributed by atoms with E-state index in [9.17, 15) is 9.59 Å². The average Bonchev–Trinajstić information content (AvgIpc) is 3.23. The first-order valence-electron chi connectivity index (χ1n) is 11.2.